The Morgan fingerprint density at radius 3 is 2.36 bits per heavy atom. The summed E-state index contributed by atoms with van der Waals surface area (Å²) in [6.45, 7) is 2.46. The molecule has 7 heteroatoms. The number of carbonyl (C=O) groups excluding carboxylic acids is 1. The number of morpholine rings is 1. The van der Waals surface area contributed by atoms with E-state index in [-0.39, 0.29) is 11.2 Å². The van der Waals surface area contributed by atoms with Gasteiger partial charge in [0.15, 0.2) is 0 Å². The third kappa shape index (κ3) is 4.95. The first-order valence-electron chi connectivity index (χ1n) is 9.01. The Morgan fingerprint density at radius 1 is 1.08 bits per heavy atom. The highest BCUT2D eigenvalue weighted by atomic mass is 32.2. The highest BCUT2D eigenvalue weighted by Gasteiger charge is 2.27. The summed E-state index contributed by atoms with van der Waals surface area (Å²) in [5.74, 6) is 0.0823. The summed E-state index contributed by atoms with van der Waals surface area (Å²) in [7, 11) is -3.33. The highest BCUT2D eigenvalue weighted by molar-refractivity contribution is 7.93. The van der Waals surface area contributed by atoms with E-state index >= 15 is 0 Å². The molecule has 1 saturated heterocycles. The molecule has 1 heterocycles. The summed E-state index contributed by atoms with van der Waals surface area (Å²) >= 11 is 0. The largest absolute Gasteiger partial charge is 0.378 e. The lowest BCUT2D eigenvalue weighted by atomic mass is 10.0. The lowest BCUT2D eigenvalue weighted by Gasteiger charge is -2.27. The molecule has 1 aliphatic carbocycles. The smallest absolute Gasteiger partial charge is 0.235 e. The molecule has 1 amide bonds. The Labute approximate surface area is 149 Å². The summed E-state index contributed by atoms with van der Waals surface area (Å²) in [5, 5.41) is -0.288. The Bertz CT molecular complexity index is 676. The maximum absolute atomic E-state index is 12.4. The molecule has 0 spiro atoms. The van der Waals surface area contributed by atoms with Crippen LogP contribution < -0.4 is 4.72 Å². The number of nitrogens with one attached hydrogen (secondary N) is 1. The van der Waals surface area contributed by atoms with Gasteiger partial charge >= 0.3 is 0 Å². The van der Waals surface area contributed by atoms with Crippen LogP contribution >= 0.6 is 0 Å². The Kier molecular flexibility index (Phi) is 5.96. The number of nitrogens with zero attached hydrogens (tertiary/aromatic N) is 1. The van der Waals surface area contributed by atoms with Crippen LogP contribution in [-0.4, -0.2) is 50.8 Å². The molecule has 0 aromatic heterocycles. The first-order valence-corrected chi connectivity index (χ1v) is 10.6. The highest BCUT2D eigenvalue weighted by Crippen LogP contribution is 2.25. The fourth-order valence-electron chi connectivity index (χ4n) is 3.41. The van der Waals surface area contributed by atoms with Gasteiger partial charge in [-0.25, -0.2) is 8.42 Å². The van der Waals surface area contributed by atoms with Crippen molar-refractivity contribution in [1.29, 1.82) is 0 Å². The van der Waals surface area contributed by atoms with E-state index in [2.05, 4.69) is 4.72 Å². The molecular formula is C18H26N2O4S. The number of hydrogen-bond donors (Lipinski definition) is 1. The zero-order chi connectivity index (χ0) is 17.7. The lowest BCUT2D eigenvalue weighted by molar-refractivity contribution is -0.134. The summed E-state index contributed by atoms with van der Waals surface area (Å²) in [6, 6.07) is 7.11. The van der Waals surface area contributed by atoms with Crippen LogP contribution in [-0.2, 0) is 26.0 Å². The van der Waals surface area contributed by atoms with E-state index in [4.69, 9.17) is 4.74 Å². The monoisotopic (exact) mass is 366 g/mol. The predicted octanol–water partition coefficient (Wildman–Crippen LogP) is 2.16. The number of ether oxygens (including phenoxy) is 1. The summed E-state index contributed by atoms with van der Waals surface area (Å²) in [6.07, 6.45) is 4.89. The van der Waals surface area contributed by atoms with Gasteiger partial charge in [-0.05, 0) is 30.5 Å². The normalized spacial score (nSPS) is 19.6. The van der Waals surface area contributed by atoms with Gasteiger partial charge < -0.3 is 9.64 Å². The van der Waals surface area contributed by atoms with Gasteiger partial charge in [0.1, 0.15) is 0 Å². The molecule has 0 unspecified atom stereocenters. The maximum Gasteiger partial charge on any atom is 0.235 e. The second kappa shape index (κ2) is 8.19. The fourth-order valence-corrected chi connectivity index (χ4v) is 5.00. The molecular weight excluding hydrogens is 340 g/mol. The molecule has 1 aromatic rings. The molecule has 0 radical (unpaired) electrons. The van der Waals surface area contributed by atoms with E-state index in [0.717, 1.165) is 37.7 Å². The number of sulfonamides is 1. The zero-order valence-corrected chi connectivity index (χ0v) is 15.3. The predicted molar refractivity (Wildman–Crippen MR) is 97.0 cm³/mol. The molecule has 1 aromatic carbocycles. The van der Waals surface area contributed by atoms with Crippen molar-refractivity contribution in [1.82, 2.24) is 4.90 Å². The van der Waals surface area contributed by atoms with E-state index in [1.54, 1.807) is 12.1 Å². The van der Waals surface area contributed by atoms with Crippen LogP contribution in [0.2, 0.25) is 0 Å². The first-order chi connectivity index (χ1) is 12.0. The van der Waals surface area contributed by atoms with E-state index in [9.17, 15) is 13.2 Å². The number of amides is 1. The van der Waals surface area contributed by atoms with Gasteiger partial charge in [0.25, 0.3) is 0 Å². The van der Waals surface area contributed by atoms with Crippen molar-refractivity contribution in [3.8, 4) is 0 Å². The summed E-state index contributed by atoms with van der Waals surface area (Å²) in [4.78, 5) is 14.1. The second-order valence-electron chi connectivity index (χ2n) is 6.77. The minimum absolute atomic E-state index is 0.0823. The minimum Gasteiger partial charge on any atom is -0.378 e. The van der Waals surface area contributed by atoms with Gasteiger partial charge in [0.2, 0.25) is 15.9 Å². The second-order valence-corrected chi connectivity index (χ2v) is 8.73. The third-order valence-corrected chi connectivity index (χ3v) is 6.79. The minimum atomic E-state index is -3.33. The van der Waals surface area contributed by atoms with Crippen molar-refractivity contribution in [2.75, 3.05) is 31.0 Å². The van der Waals surface area contributed by atoms with Gasteiger partial charge in [-0.3, -0.25) is 9.52 Å². The van der Waals surface area contributed by atoms with Gasteiger partial charge in [-0.15, -0.1) is 0 Å². The Balaban J connectivity index is 1.57. The number of hydrogen-bond acceptors (Lipinski definition) is 4. The lowest BCUT2D eigenvalue weighted by Crippen LogP contribution is -2.41. The number of anilines is 1. The van der Waals surface area contributed by atoms with Crippen LogP contribution in [0.1, 0.15) is 37.7 Å². The van der Waals surface area contributed by atoms with Crippen LogP contribution in [0, 0.1) is 0 Å². The molecule has 1 N–H and O–H groups in total. The topological polar surface area (TPSA) is 75.7 Å². The van der Waals surface area contributed by atoms with Crippen LogP contribution in [0.15, 0.2) is 24.3 Å². The van der Waals surface area contributed by atoms with E-state index < -0.39 is 10.0 Å². The van der Waals surface area contributed by atoms with Crippen molar-refractivity contribution < 1.29 is 17.9 Å². The van der Waals surface area contributed by atoms with Crippen molar-refractivity contribution in [3.05, 3.63) is 29.8 Å². The first kappa shape index (κ1) is 18.2. The average molecular weight is 366 g/mol. The van der Waals surface area contributed by atoms with Crippen molar-refractivity contribution >= 4 is 21.6 Å². The van der Waals surface area contributed by atoms with Gasteiger partial charge in [0.05, 0.1) is 24.9 Å². The standard InChI is InChI=1S/C18H26N2O4S/c21-18(20-10-12-24-13-11-20)14-15-6-8-16(9-7-15)19-25(22,23)17-4-2-1-3-5-17/h6-9,17,19H,1-5,10-14H2. The number of benzene rings is 1. The molecule has 25 heavy (non-hydrogen) atoms. The molecule has 3 rings (SSSR count). The van der Waals surface area contributed by atoms with Crippen LogP contribution in [0.25, 0.3) is 0 Å². The van der Waals surface area contributed by atoms with Gasteiger partial charge in [-0.1, -0.05) is 31.4 Å². The van der Waals surface area contributed by atoms with E-state index in [1.807, 2.05) is 17.0 Å². The Morgan fingerprint density at radius 2 is 1.72 bits per heavy atom. The van der Waals surface area contributed by atoms with Gasteiger partial charge in [0, 0.05) is 18.8 Å². The zero-order valence-electron chi connectivity index (χ0n) is 14.4. The SMILES string of the molecule is O=C(Cc1ccc(NS(=O)(=O)C2CCCCC2)cc1)N1CCOCC1. The van der Waals surface area contributed by atoms with Crippen LogP contribution in [0.3, 0.4) is 0 Å². The molecule has 2 fully saturated rings. The number of rotatable bonds is 5. The van der Waals surface area contributed by atoms with Crippen molar-refractivity contribution in [3.63, 3.8) is 0 Å². The van der Waals surface area contributed by atoms with Crippen molar-refractivity contribution in [2.24, 2.45) is 0 Å². The fraction of sp³-hybridized carbons (Fsp3) is 0.611. The molecule has 0 atom stereocenters. The number of carbonyl (C=O) groups is 1. The Hall–Kier alpha value is -1.60. The van der Waals surface area contributed by atoms with E-state index in [0.29, 0.717) is 38.4 Å². The van der Waals surface area contributed by atoms with Crippen LogP contribution in [0.5, 0.6) is 0 Å². The van der Waals surface area contributed by atoms with Gasteiger partial charge in [-0.2, -0.15) is 0 Å². The summed E-state index contributed by atoms with van der Waals surface area (Å²) in [5.41, 5.74) is 1.45. The molecule has 138 valence electrons. The summed E-state index contributed by atoms with van der Waals surface area (Å²) < 4.78 is 32.8. The van der Waals surface area contributed by atoms with E-state index in [1.165, 1.54) is 0 Å². The quantitative estimate of drug-likeness (QED) is 0.866. The molecule has 2 aliphatic rings. The average Bonchev–Trinajstić information content (AvgIpc) is 2.64. The maximum atomic E-state index is 12.4. The van der Waals surface area contributed by atoms with Crippen molar-refractivity contribution in [2.45, 2.75) is 43.8 Å². The molecule has 1 aliphatic heterocycles. The van der Waals surface area contributed by atoms with Crippen LogP contribution in [0.4, 0.5) is 5.69 Å². The molecule has 6 nitrogen and oxygen atoms in total. The third-order valence-electron chi connectivity index (χ3n) is 4.92. The molecule has 0 bridgehead atoms. The molecule has 1 saturated carbocycles.